The second-order valence-corrected chi connectivity index (χ2v) is 6.11. The number of hydrogen-bond donors (Lipinski definition) is 2. The molecule has 0 unspecified atom stereocenters. The Bertz CT molecular complexity index is 749. The van der Waals surface area contributed by atoms with Crippen LogP contribution < -0.4 is 10.7 Å². The van der Waals surface area contributed by atoms with Crippen LogP contribution in [0.2, 0.25) is 0 Å². The van der Waals surface area contributed by atoms with Crippen LogP contribution in [0.4, 0.5) is 5.69 Å². The van der Waals surface area contributed by atoms with Gasteiger partial charge in [-0.3, -0.25) is 14.4 Å². The number of nitrogens with zero attached hydrogens (tertiary/aromatic N) is 2. The predicted molar refractivity (Wildman–Crippen MR) is 95.2 cm³/mol. The summed E-state index contributed by atoms with van der Waals surface area (Å²) in [5, 5.41) is 6.74. The number of carbonyl (C=O) groups is 3. The first-order valence-corrected chi connectivity index (χ1v) is 8.39. The zero-order valence-electron chi connectivity index (χ0n) is 14.2. The molecular formula is C18H20N4O4. The van der Waals surface area contributed by atoms with Crippen molar-refractivity contribution in [1.82, 2.24) is 10.3 Å². The van der Waals surface area contributed by atoms with Crippen LogP contribution in [-0.2, 0) is 19.1 Å². The van der Waals surface area contributed by atoms with Crippen LogP contribution in [-0.4, -0.2) is 48.2 Å². The van der Waals surface area contributed by atoms with Crippen molar-refractivity contribution in [2.24, 2.45) is 11.0 Å². The molecule has 0 radical (unpaired) electrons. The van der Waals surface area contributed by atoms with Crippen LogP contribution in [0.3, 0.4) is 0 Å². The number of hydrazone groups is 1. The lowest BCUT2D eigenvalue weighted by Crippen LogP contribution is -2.40. The molecule has 1 aromatic carbocycles. The van der Waals surface area contributed by atoms with E-state index in [1.165, 1.54) is 6.08 Å². The summed E-state index contributed by atoms with van der Waals surface area (Å²) < 4.78 is 5.24. The minimum atomic E-state index is -0.293. The molecule has 0 saturated carbocycles. The minimum absolute atomic E-state index is 0.0537. The van der Waals surface area contributed by atoms with E-state index < -0.39 is 0 Å². The Morgan fingerprint density at radius 2 is 1.96 bits per heavy atom. The van der Waals surface area contributed by atoms with Gasteiger partial charge in [0.15, 0.2) is 6.61 Å². The Morgan fingerprint density at radius 1 is 1.27 bits per heavy atom. The Kier molecular flexibility index (Phi) is 5.31. The molecule has 1 aromatic rings. The fourth-order valence-corrected chi connectivity index (χ4v) is 2.89. The largest absolute Gasteiger partial charge is 0.466 e. The third kappa shape index (κ3) is 4.08. The van der Waals surface area contributed by atoms with Gasteiger partial charge in [0, 0.05) is 30.3 Å². The molecule has 0 aliphatic carbocycles. The summed E-state index contributed by atoms with van der Waals surface area (Å²) in [5.74, 6) is -0.226. The number of hydrogen-bond acceptors (Lipinski definition) is 5. The number of rotatable bonds is 4. The number of carbonyl (C=O) groups excluding carboxylic acids is 3. The van der Waals surface area contributed by atoms with Crippen LogP contribution >= 0.6 is 0 Å². The Labute approximate surface area is 150 Å². The van der Waals surface area contributed by atoms with E-state index in [4.69, 9.17) is 4.74 Å². The van der Waals surface area contributed by atoms with E-state index in [-0.39, 0.29) is 30.2 Å². The van der Waals surface area contributed by atoms with Gasteiger partial charge in [0.2, 0.25) is 17.7 Å². The molecule has 3 rings (SSSR count). The molecule has 0 atom stereocenters. The molecule has 2 N–H and O–H groups in total. The smallest absolute Gasteiger partial charge is 0.278 e. The van der Waals surface area contributed by atoms with Crippen LogP contribution in [0.15, 0.2) is 42.0 Å². The Hall–Kier alpha value is -3.16. The molecule has 2 aliphatic rings. The molecule has 2 aliphatic heterocycles. The fraction of sp³-hybridized carbons (Fsp3) is 0.333. The van der Waals surface area contributed by atoms with E-state index in [1.807, 2.05) is 0 Å². The van der Waals surface area contributed by atoms with Gasteiger partial charge in [0.1, 0.15) is 0 Å². The second-order valence-electron chi connectivity index (χ2n) is 6.11. The summed E-state index contributed by atoms with van der Waals surface area (Å²) in [6, 6.07) is 7.03. The first kappa shape index (κ1) is 17.7. The number of ether oxygens (including phenoxy) is 1. The van der Waals surface area contributed by atoms with Crippen molar-refractivity contribution in [3.8, 4) is 0 Å². The van der Waals surface area contributed by atoms with E-state index in [9.17, 15) is 14.4 Å². The van der Waals surface area contributed by atoms with E-state index in [1.54, 1.807) is 29.2 Å². The summed E-state index contributed by atoms with van der Waals surface area (Å²) >= 11 is 0. The van der Waals surface area contributed by atoms with Crippen molar-refractivity contribution < 1.29 is 19.1 Å². The van der Waals surface area contributed by atoms with Gasteiger partial charge in [-0.05, 0) is 43.2 Å². The molecule has 8 heteroatoms. The highest BCUT2D eigenvalue weighted by Gasteiger charge is 2.26. The molecule has 1 saturated heterocycles. The lowest BCUT2D eigenvalue weighted by Gasteiger charge is -2.30. The van der Waals surface area contributed by atoms with Gasteiger partial charge in [0.25, 0.3) is 5.91 Å². The number of anilines is 1. The standard InChI is InChI=1S/C18H20N4O4/c1-2-16(24)22-9-7-12(8-10-22)17(25)19-14-5-3-13(4-6-14)18-21-20-15(23)11-26-18/h2-6,12H,1,7-11H2,(H,19,25)(H,20,23). The second kappa shape index (κ2) is 7.81. The third-order valence-corrected chi connectivity index (χ3v) is 4.37. The molecule has 3 amide bonds. The monoisotopic (exact) mass is 356 g/mol. The minimum Gasteiger partial charge on any atom is -0.466 e. The van der Waals surface area contributed by atoms with Crippen molar-refractivity contribution in [2.75, 3.05) is 25.0 Å². The van der Waals surface area contributed by atoms with E-state index in [2.05, 4.69) is 22.4 Å². The van der Waals surface area contributed by atoms with Gasteiger partial charge < -0.3 is 15.0 Å². The number of amides is 3. The molecule has 26 heavy (non-hydrogen) atoms. The van der Waals surface area contributed by atoms with Crippen molar-refractivity contribution in [3.05, 3.63) is 42.5 Å². The average Bonchev–Trinajstić information content (AvgIpc) is 2.69. The highest BCUT2D eigenvalue weighted by molar-refractivity contribution is 5.99. The maximum absolute atomic E-state index is 12.4. The zero-order chi connectivity index (χ0) is 18.5. The van der Waals surface area contributed by atoms with Gasteiger partial charge >= 0.3 is 0 Å². The van der Waals surface area contributed by atoms with Gasteiger partial charge in [-0.2, -0.15) is 0 Å². The molecule has 0 spiro atoms. The van der Waals surface area contributed by atoms with Crippen molar-refractivity contribution in [2.45, 2.75) is 12.8 Å². The zero-order valence-corrected chi connectivity index (χ0v) is 14.2. The molecule has 2 heterocycles. The number of benzene rings is 1. The predicted octanol–water partition coefficient (Wildman–Crippen LogP) is 0.858. The summed E-state index contributed by atoms with van der Waals surface area (Å²) in [7, 11) is 0. The van der Waals surface area contributed by atoms with E-state index in [0.29, 0.717) is 43.1 Å². The maximum atomic E-state index is 12.4. The van der Waals surface area contributed by atoms with Gasteiger partial charge in [-0.25, -0.2) is 5.43 Å². The first-order valence-electron chi connectivity index (χ1n) is 8.39. The summed E-state index contributed by atoms with van der Waals surface area (Å²) in [4.78, 5) is 36.7. The lowest BCUT2D eigenvalue weighted by molar-refractivity contribution is -0.130. The number of likely N-dealkylation sites (tertiary alicyclic amines) is 1. The van der Waals surface area contributed by atoms with Crippen molar-refractivity contribution in [1.29, 1.82) is 0 Å². The number of piperidine rings is 1. The molecule has 136 valence electrons. The Balaban J connectivity index is 1.54. The molecule has 8 nitrogen and oxygen atoms in total. The lowest BCUT2D eigenvalue weighted by atomic mass is 9.95. The van der Waals surface area contributed by atoms with E-state index >= 15 is 0 Å². The summed E-state index contributed by atoms with van der Waals surface area (Å²) in [6.45, 7) is 4.54. The molecule has 0 aromatic heterocycles. The SMILES string of the molecule is C=CC(=O)N1CCC(C(=O)Nc2ccc(C3=NNC(=O)CO3)cc2)CC1. The third-order valence-electron chi connectivity index (χ3n) is 4.37. The highest BCUT2D eigenvalue weighted by atomic mass is 16.5. The van der Waals surface area contributed by atoms with Crippen LogP contribution in [0.25, 0.3) is 0 Å². The number of nitrogens with one attached hydrogen (secondary N) is 2. The van der Waals surface area contributed by atoms with Gasteiger partial charge in [0.05, 0.1) is 0 Å². The summed E-state index contributed by atoms with van der Waals surface area (Å²) in [5.41, 5.74) is 3.73. The van der Waals surface area contributed by atoms with Gasteiger partial charge in [-0.15, -0.1) is 5.10 Å². The normalized spacial score (nSPS) is 17.6. The van der Waals surface area contributed by atoms with E-state index in [0.717, 1.165) is 0 Å². The topological polar surface area (TPSA) is 100 Å². The Morgan fingerprint density at radius 3 is 2.54 bits per heavy atom. The summed E-state index contributed by atoms with van der Waals surface area (Å²) in [6.07, 6.45) is 2.56. The quantitative estimate of drug-likeness (QED) is 0.782. The van der Waals surface area contributed by atoms with Crippen LogP contribution in [0.1, 0.15) is 18.4 Å². The maximum Gasteiger partial charge on any atom is 0.278 e. The fourth-order valence-electron chi connectivity index (χ4n) is 2.89. The highest BCUT2D eigenvalue weighted by Crippen LogP contribution is 2.20. The van der Waals surface area contributed by atoms with Crippen LogP contribution in [0, 0.1) is 5.92 Å². The molecule has 0 bridgehead atoms. The molecular weight excluding hydrogens is 336 g/mol. The van der Waals surface area contributed by atoms with Gasteiger partial charge in [-0.1, -0.05) is 6.58 Å². The van der Waals surface area contributed by atoms with Crippen molar-refractivity contribution >= 4 is 29.3 Å². The van der Waals surface area contributed by atoms with Crippen LogP contribution in [0.5, 0.6) is 0 Å². The average molecular weight is 356 g/mol. The van der Waals surface area contributed by atoms with Crippen molar-refractivity contribution in [3.63, 3.8) is 0 Å². The molecule has 1 fully saturated rings. The first-order chi connectivity index (χ1) is 12.6.